The lowest BCUT2D eigenvalue weighted by atomic mass is 9.99. The molecule has 0 bridgehead atoms. The molecule has 0 radical (unpaired) electrons. The van der Waals surface area contributed by atoms with Gasteiger partial charge in [0.25, 0.3) is 0 Å². The molecule has 20 heavy (non-hydrogen) atoms. The summed E-state index contributed by atoms with van der Waals surface area (Å²) in [6.07, 6.45) is 1.97. The van der Waals surface area contributed by atoms with Gasteiger partial charge in [0.05, 0.1) is 18.1 Å². The van der Waals surface area contributed by atoms with Crippen LogP contribution in [0.15, 0.2) is 0 Å². The van der Waals surface area contributed by atoms with Crippen LogP contribution in [-0.4, -0.2) is 61.6 Å². The number of ether oxygens (including phenoxy) is 1. The average molecular weight is 304 g/mol. The number of hydrogen-bond donors (Lipinski definition) is 1. The molecule has 1 saturated carbocycles. The maximum absolute atomic E-state index is 11.9. The molecule has 2 rings (SSSR count). The highest BCUT2D eigenvalue weighted by molar-refractivity contribution is 7.91. The van der Waals surface area contributed by atoms with Gasteiger partial charge in [-0.15, -0.1) is 0 Å². The molecule has 0 spiro atoms. The second-order valence-electron chi connectivity index (χ2n) is 5.97. The molecule has 0 aromatic heterocycles. The third kappa shape index (κ3) is 3.15. The minimum absolute atomic E-state index is 0.0108. The van der Waals surface area contributed by atoms with Crippen molar-refractivity contribution in [2.24, 2.45) is 5.73 Å². The largest absolute Gasteiger partial charge is 0.465 e. The van der Waals surface area contributed by atoms with Gasteiger partial charge in [0.1, 0.15) is 5.54 Å². The number of rotatable bonds is 3. The van der Waals surface area contributed by atoms with E-state index in [2.05, 4.69) is 4.90 Å². The predicted octanol–water partition coefficient (Wildman–Crippen LogP) is -0.0816. The van der Waals surface area contributed by atoms with Crippen LogP contribution in [0.1, 0.15) is 33.1 Å². The molecule has 0 aromatic carbocycles. The number of carbonyl (C=O) groups is 1. The standard InChI is InChI=1S/C13H24N2O4S/c1-3-19-12(16)13(14)5-4-11(8-13)15-6-7-20(17,18)9-10(15)2/h10-11H,3-9,14H2,1-2H3. The highest BCUT2D eigenvalue weighted by Crippen LogP contribution is 2.34. The van der Waals surface area contributed by atoms with Crippen molar-refractivity contribution >= 4 is 15.8 Å². The van der Waals surface area contributed by atoms with Gasteiger partial charge in [-0.1, -0.05) is 0 Å². The highest BCUT2D eigenvalue weighted by Gasteiger charge is 2.46. The summed E-state index contributed by atoms with van der Waals surface area (Å²) < 4.78 is 28.3. The molecule has 116 valence electrons. The van der Waals surface area contributed by atoms with Gasteiger partial charge in [0, 0.05) is 18.6 Å². The summed E-state index contributed by atoms with van der Waals surface area (Å²) in [5.41, 5.74) is 5.26. The quantitative estimate of drug-likeness (QED) is 0.734. The maximum Gasteiger partial charge on any atom is 0.326 e. The van der Waals surface area contributed by atoms with Gasteiger partial charge in [0.15, 0.2) is 9.84 Å². The lowest BCUT2D eigenvalue weighted by molar-refractivity contribution is -0.149. The molecule has 1 aliphatic heterocycles. The third-order valence-electron chi connectivity index (χ3n) is 4.40. The summed E-state index contributed by atoms with van der Waals surface area (Å²) in [5.74, 6) is 0.0606. The van der Waals surface area contributed by atoms with Crippen molar-refractivity contribution in [1.29, 1.82) is 0 Å². The second kappa shape index (κ2) is 5.61. The van der Waals surface area contributed by atoms with Crippen molar-refractivity contribution in [1.82, 2.24) is 4.90 Å². The fourth-order valence-corrected chi connectivity index (χ4v) is 4.93. The van der Waals surface area contributed by atoms with Gasteiger partial charge in [-0.05, 0) is 33.1 Å². The summed E-state index contributed by atoms with van der Waals surface area (Å²) in [4.78, 5) is 14.1. The Balaban J connectivity index is 2.01. The molecule has 2 aliphatic rings. The van der Waals surface area contributed by atoms with Gasteiger partial charge in [-0.2, -0.15) is 0 Å². The van der Waals surface area contributed by atoms with Gasteiger partial charge in [-0.25, -0.2) is 8.42 Å². The minimum Gasteiger partial charge on any atom is -0.465 e. The molecule has 1 aliphatic carbocycles. The molecule has 7 heteroatoms. The Hall–Kier alpha value is -0.660. The molecule has 2 N–H and O–H groups in total. The van der Waals surface area contributed by atoms with Crippen LogP contribution in [0, 0.1) is 0 Å². The summed E-state index contributed by atoms with van der Waals surface area (Å²) in [5, 5.41) is 0. The first kappa shape index (κ1) is 15.7. The van der Waals surface area contributed by atoms with E-state index in [1.807, 2.05) is 6.92 Å². The number of carbonyl (C=O) groups excluding carboxylic acids is 1. The maximum atomic E-state index is 11.9. The van der Waals surface area contributed by atoms with E-state index >= 15 is 0 Å². The number of nitrogens with two attached hydrogens (primary N) is 1. The van der Waals surface area contributed by atoms with Crippen molar-refractivity contribution in [2.45, 2.75) is 50.7 Å². The van der Waals surface area contributed by atoms with Crippen molar-refractivity contribution in [3.63, 3.8) is 0 Å². The van der Waals surface area contributed by atoms with E-state index in [1.54, 1.807) is 6.92 Å². The number of esters is 1. The first-order valence-electron chi connectivity index (χ1n) is 7.20. The average Bonchev–Trinajstić information content (AvgIpc) is 2.72. The molecular formula is C13H24N2O4S. The first-order valence-corrected chi connectivity index (χ1v) is 9.02. The van der Waals surface area contributed by atoms with E-state index in [-0.39, 0.29) is 29.6 Å². The van der Waals surface area contributed by atoms with Crippen LogP contribution >= 0.6 is 0 Å². The lowest BCUT2D eigenvalue weighted by Gasteiger charge is -2.38. The Morgan fingerprint density at radius 2 is 2.20 bits per heavy atom. The van der Waals surface area contributed by atoms with E-state index in [1.165, 1.54) is 0 Å². The van der Waals surface area contributed by atoms with Crippen molar-refractivity contribution in [3.8, 4) is 0 Å². The zero-order valence-corrected chi connectivity index (χ0v) is 13.0. The van der Waals surface area contributed by atoms with E-state index < -0.39 is 15.4 Å². The molecule has 3 atom stereocenters. The van der Waals surface area contributed by atoms with Crippen molar-refractivity contribution in [3.05, 3.63) is 0 Å². The fourth-order valence-electron chi connectivity index (χ4n) is 3.35. The van der Waals surface area contributed by atoms with Crippen LogP contribution in [0.5, 0.6) is 0 Å². The molecule has 1 heterocycles. The second-order valence-corrected chi connectivity index (χ2v) is 8.20. The Labute approximate surface area is 120 Å². The first-order chi connectivity index (χ1) is 9.27. The van der Waals surface area contributed by atoms with Crippen LogP contribution in [0.3, 0.4) is 0 Å². The SMILES string of the molecule is CCOC(=O)C1(N)CCC(N2CCS(=O)(=O)CC2C)C1. The van der Waals surface area contributed by atoms with E-state index in [9.17, 15) is 13.2 Å². The van der Waals surface area contributed by atoms with Gasteiger partial charge >= 0.3 is 5.97 Å². The summed E-state index contributed by atoms with van der Waals surface area (Å²) in [6, 6.07) is 0.165. The smallest absolute Gasteiger partial charge is 0.326 e. The van der Waals surface area contributed by atoms with E-state index in [4.69, 9.17) is 10.5 Å². The van der Waals surface area contributed by atoms with Crippen molar-refractivity contribution < 1.29 is 17.9 Å². The fraction of sp³-hybridized carbons (Fsp3) is 0.923. The summed E-state index contributed by atoms with van der Waals surface area (Å²) in [6.45, 7) is 4.57. The molecule has 0 aromatic rings. The lowest BCUT2D eigenvalue weighted by Crippen LogP contribution is -2.53. The Bertz CT molecular complexity index is 479. The monoisotopic (exact) mass is 304 g/mol. The Kier molecular flexibility index (Phi) is 4.41. The number of nitrogens with zero attached hydrogens (tertiary/aromatic N) is 1. The van der Waals surface area contributed by atoms with E-state index in [0.717, 1.165) is 6.42 Å². The number of sulfone groups is 1. The van der Waals surface area contributed by atoms with Gasteiger partial charge < -0.3 is 10.5 Å². The van der Waals surface area contributed by atoms with E-state index in [0.29, 0.717) is 26.0 Å². The van der Waals surface area contributed by atoms with Crippen LogP contribution in [0.4, 0.5) is 0 Å². The van der Waals surface area contributed by atoms with Crippen LogP contribution in [0.25, 0.3) is 0 Å². The van der Waals surface area contributed by atoms with Crippen LogP contribution in [-0.2, 0) is 19.4 Å². The third-order valence-corrected chi connectivity index (χ3v) is 6.19. The van der Waals surface area contributed by atoms with Gasteiger partial charge in [0.2, 0.25) is 0 Å². The zero-order chi connectivity index (χ0) is 15.0. The Morgan fingerprint density at radius 3 is 2.80 bits per heavy atom. The minimum atomic E-state index is -2.91. The topological polar surface area (TPSA) is 89.7 Å². The highest BCUT2D eigenvalue weighted by atomic mass is 32.2. The molecule has 3 unspecified atom stereocenters. The molecular weight excluding hydrogens is 280 g/mol. The number of hydrogen-bond acceptors (Lipinski definition) is 6. The molecule has 2 fully saturated rings. The van der Waals surface area contributed by atoms with Crippen molar-refractivity contribution in [2.75, 3.05) is 24.7 Å². The van der Waals surface area contributed by atoms with Crippen LogP contribution < -0.4 is 5.73 Å². The molecule has 0 amide bonds. The summed E-state index contributed by atoms with van der Waals surface area (Å²) >= 11 is 0. The van der Waals surface area contributed by atoms with Gasteiger partial charge in [-0.3, -0.25) is 9.69 Å². The Morgan fingerprint density at radius 1 is 1.50 bits per heavy atom. The predicted molar refractivity (Wildman–Crippen MR) is 76.0 cm³/mol. The molecule has 1 saturated heterocycles. The van der Waals surface area contributed by atoms with Crippen LogP contribution in [0.2, 0.25) is 0 Å². The molecule has 6 nitrogen and oxygen atoms in total. The summed E-state index contributed by atoms with van der Waals surface area (Å²) in [7, 11) is -2.91. The zero-order valence-electron chi connectivity index (χ0n) is 12.2. The normalized spacial score (nSPS) is 37.8.